The minimum atomic E-state index is -4.21. The number of carbonyl (C=O) groups is 1. The molecule has 2 rings (SSSR count). The zero-order valence-corrected chi connectivity index (χ0v) is 13.5. The summed E-state index contributed by atoms with van der Waals surface area (Å²) in [6.07, 6.45) is -3.16. The third-order valence-corrected chi connectivity index (χ3v) is 4.93. The number of alkyl halides is 3. The van der Waals surface area contributed by atoms with Crippen LogP contribution in [0, 0.1) is 16.0 Å². The largest absolute Gasteiger partial charge is 0.391 e. The van der Waals surface area contributed by atoms with Gasteiger partial charge in [-0.2, -0.15) is 13.2 Å². The Morgan fingerprint density at radius 2 is 1.96 bits per heavy atom. The molecule has 1 N–H and O–H groups in total. The molecule has 0 aliphatic heterocycles. The van der Waals surface area contributed by atoms with Crippen LogP contribution in [0.25, 0.3) is 0 Å². The van der Waals surface area contributed by atoms with Crippen LogP contribution < -0.4 is 5.32 Å². The average molecular weight is 362 g/mol. The maximum atomic E-state index is 12.7. The Balaban J connectivity index is 1.79. The first-order valence-corrected chi connectivity index (χ1v) is 8.47. The van der Waals surface area contributed by atoms with Crippen molar-refractivity contribution in [3.63, 3.8) is 0 Å². The summed E-state index contributed by atoms with van der Waals surface area (Å²) in [6, 6.07) is 5.31. The van der Waals surface area contributed by atoms with Crippen molar-refractivity contribution in [2.24, 2.45) is 5.92 Å². The molecule has 0 radical (unpaired) electrons. The van der Waals surface area contributed by atoms with Crippen LogP contribution in [0.4, 0.5) is 18.9 Å². The second kappa shape index (κ2) is 7.87. The number of nitrogens with one attached hydrogen (secondary N) is 1. The SMILES string of the molecule is O=C(CSc1ccc([N+](=O)[O-])cc1)N[C@H]1CCC[C@@H](C(F)(F)F)C1. The molecular formula is C15H17F3N2O3S. The molecule has 0 bridgehead atoms. The zero-order valence-electron chi connectivity index (χ0n) is 12.7. The summed E-state index contributed by atoms with van der Waals surface area (Å²) < 4.78 is 38.2. The van der Waals surface area contributed by atoms with E-state index in [1.165, 1.54) is 36.0 Å². The highest BCUT2D eigenvalue weighted by molar-refractivity contribution is 8.00. The molecule has 1 aliphatic carbocycles. The first kappa shape index (κ1) is 18.6. The summed E-state index contributed by atoms with van der Waals surface area (Å²) >= 11 is 1.19. The van der Waals surface area contributed by atoms with Crippen molar-refractivity contribution < 1.29 is 22.9 Å². The van der Waals surface area contributed by atoms with Gasteiger partial charge in [0.25, 0.3) is 5.69 Å². The van der Waals surface area contributed by atoms with Gasteiger partial charge >= 0.3 is 6.18 Å². The highest BCUT2D eigenvalue weighted by Crippen LogP contribution is 2.37. The van der Waals surface area contributed by atoms with Gasteiger partial charge in [0, 0.05) is 23.1 Å². The Bertz CT molecular complexity index is 593. The van der Waals surface area contributed by atoms with Crippen LogP contribution in [0.1, 0.15) is 25.7 Å². The lowest BCUT2D eigenvalue weighted by Gasteiger charge is -2.31. The monoisotopic (exact) mass is 362 g/mol. The molecule has 24 heavy (non-hydrogen) atoms. The van der Waals surface area contributed by atoms with Crippen LogP contribution in [0.3, 0.4) is 0 Å². The van der Waals surface area contributed by atoms with Crippen molar-refractivity contribution in [1.29, 1.82) is 0 Å². The van der Waals surface area contributed by atoms with Crippen molar-refractivity contribution in [2.75, 3.05) is 5.75 Å². The van der Waals surface area contributed by atoms with Crippen molar-refractivity contribution in [3.8, 4) is 0 Å². The Hall–Kier alpha value is -1.77. The minimum Gasteiger partial charge on any atom is -0.353 e. The molecule has 1 amide bonds. The van der Waals surface area contributed by atoms with E-state index in [1.807, 2.05) is 0 Å². The lowest BCUT2D eigenvalue weighted by molar-refractivity contribution is -0.384. The highest BCUT2D eigenvalue weighted by atomic mass is 32.2. The molecule has 0 saturated heterocycles. The van der Waals surface area contributed by atoms with E-state index in [-0.39, 0.29) is 30.2 Å². The van der Waals surface area contributed by atoms with Gasteiger partial charge in [0.2, 0.25) is 5.91 Å². The number of non-ortho nitro benzene ring substituents is 1. The topological polar surface area (TPSA) is 72.2 Å². The van der Waals surface area contributed by atoms with Crippen LogP contribution in [0.15, 0.2) is 29.2 Å². The van der Waals surface area contributed by atoms with Gasteiger partial charge < -0.3 is 5.32 Å². The van der Waals surface area contributed by atoms with Crippen LogP contribution >= 0.6 is 11.8 Å². The first-order valence-electron chi connectivity index (χ1n) is 7.49. The Morgan fingerprint density at radius 1 is 1.29 bits per heavy atom. The highest BCUT2D eigenvalue weighted by Gasteiger charge is 2.42. The maximum absolute atomic E-state index is 12.7. The van der Waals surface area contributed by atoms with Crippen LogP contribution in [0.5, 0.6) is 0 Å². The van der Waals surface area contributed by atoms with Gasteiger partial charge in [-0.15, -0.1) is 11.8 Å². The van der Waals surface area contributed by atoms with Crippen molar-refractivity contribution >= 4 is 23.4 Å². The van der Waals surface area contributed by atoms with E-state index in [0.717, 1.165) is 0 Å². The molecule has 5 nitrogen and oxygen atoms in total. The number of benzene rings is 1. The van der Waals surface area contributed by atoms with E-state index in [4.69, 9.17) is 0 Å². The Labute approximate surface area is 141 Å². The van der Waals surface area contributed by atoms with E-state index >= 15 is 0 Å². The van der Waals surface area contributed by atoms with Gasteiger partial charge in [-0.1, -0.05) is 6.42 Å². The third kappa shape index (κ3) is 5.40. The fourth-order valence-electron chi connectivity index (χ4n) is 2.70. The van der Waals surface area contributed by atoms with Gasteiger partial charge in [0.15, 0.2) is 0 Å². The second-order valence-electron chi connectivity index (χ2n) is 5.71. The molecule has 132 valence electrons. The Morgan fingerprint density at radius 3 is 2.54 bits per heavy atom. The summed E-state index contributed by atoms with van der Waals surface area (Å²) in [5, 5.41) is 13.2. The number of hydrogen-bond acceptors (Lipinski definition) is 4. The number of amides is 1. The molecular weight excluding hydrogens is 345 g/mol. The van der Waals surface area contributed by atoms with E-state index < -0.39 is 23.1 Å². The molecule has 0 aromatic heterocycles. The third-order valence-electron chi connectivity index (χ3n) is 3.92. The number of carbonyl (C=O) groups excluding carboxylic acids is 1. The molecule has 1 fully saturated rings. The molecule has 0 spiro atoms. The van der Waals surface area contributed by atoms with Crippen molar-refractivity contribution in [2.45, 2.75) is 42.8 Å². The maximum Gasteiger partial charge on any atom is 0.391 e. The summed E-state index contributed by atoms with van der Waals surface area (Å²) in [4.78, 5) is 22.6. The number of rotatable bonds is 5. The number of hydrogen-bond donors (Lipinski definition) is 1. The van der Waals surface area contributed by atoms with Gasteiger partial charge in [-0.25, -0.2) is 0 Å². The molecule has 0 unspecified atom stereocenters. The quantitative estimate of drug-likeness (QED) is 0.489. The second-order valence-corrected chi connectivity index (χ2v) is 6.76. The lowest BCUT2D eigenvalue weighted by Crippen LogP contribution is -2.42. The number of nitrogens with zero attached hydrogens (tertiary/aromatic N) is 1. The molecule has 9 heteroatoms. The number of halogens is 3. The zero-order chi connectivity index (χ0) is 17.7. The molecule has 1 saturated carbocycles. The van der Waals surface area contributed by atoms with Gasteiger partial charge in [-0.3, -0.25) is 14.9 Å². The fourth-order valence-corrected chi connectivity index (χ4v) is 3.41. The average Bonchev–Trinajstić information content (AvgIpc) is 2.53. The lowest BCUT2D eigenvalue weighted by atomic mass is 9.85. The molecule has 1 aliphatic rings. The van der Waals surface area contributed by atoms with Gasteiger partial charge in [-0.05, 0) is 31.4 Å². The molecule has 1 aromatic carbocycles. The van der Waals surface area contributed by atoms with Crippen LogP contribution in [0.2, 0.25) is 0 Å². The summed E-state index contributed by atoms with van der Waals surface area (Å²) in [5.74, 6) is -1.62. The minimum absolute atomic E-state index is 0.0378. The van der Waals surface area contributed by atoms with Gasteiger partial charge in [0.05, 0.1) is 16.6 Å². The van der Waals surface area contributed by atoms with E-state index in [0.29, 0.717) is 17.7 Å². The van der Waals surface area contributed by atoms with Crippen LogP contribution in [-0.4, -0.2) is 28.8 Å². The number of nitro groups is 1. The predicted octanol–water partition coefficient (Wildman–Crippen LogP) is 3.92. The molecule has 0 heterocycles. The summed E-state index contributed by atoms with van der Waals surface area (Å²) in [7, 11) is 0. The molecule has 2 atom stereocenters. The van der Waals surface area contributed by atoms with E-state index in [1.54, 1.807) is 0 Å². The van der Waals surface area contributed by atoms with Crippen LogP contribution in [-0.2, 0) is 4.79 Å². The smallest absolute Gasteiger partial charge is 0.353 e. The van der Waals surface area contributed by atoms with E-state index in [9.17, 15) is 28.1 Å². The predicted molar refractivity (Wildman–Crippen MR) is 83.8 cm³/mol. The van der Waals surface area contributed by atoms with Crippen molar-refractivity contribution in [3.05, 3.63) is 34.4 Å². The standard InChI is InChI=1S/C15H17F3N2O3S/c16-15(17,18)10-2-1-3-11(8-10)19-14(21)9-24-13-6-4-12(5-7-13)20(22)23/h4-7,10-11H,1-3,8-9H2,(H,19,21)/t10-,11+/m1/s1. The Kier molecular flexibility index (Phi) is 6.09. The summed E-state index contributed by atoms with van der Waals surface area (Å²) in [6.45, 7) is 0. The van der Waals surface area contributed by atoms with E-state index in [2.05, 4.69) is 5.32 Å². The molecule has 1 aromatic rings. The van der Waals surface area contributed by atoms with Gasteiger partial charge in [0.1, 0.15) is 0 Å². The van der Waals surface area contributed by atoms with Crippen molar-refractivity contribution in [1.82, 2.24) is 5.32 Å². The number of nitro benzene ring substituents is 1. The summed E-state index contributed by atoms with van der Waals surface area (Å²) in [5.41, 5.74) is -0.0378. The normalized spacial score (nSPS) is 21.3. The number of thioether (sulfide) groups is 1. The first-order chi connectivity index (χ1) is 11.3. The fraction of sp³-hybridized carbons (Fsp3) is 0.533.